The Morgan fingerprint density at radius 1 is 1.23 bits per heavy atom. The molecule has 1 aliphatic rings. The lowest BCUT2D eigenvalue weighted by Crippen LogP contribution is -2.35. The molecule has 0 fully saturated rings. The fourth-order valence-electron chi connectivity index (χ4n) is 2.25. The number of amides is 4. The molecule has 1 aliphatic heterocycles. The van der Waals surface area contributed by atoms with Crippen LogP contribution in [0.2, 0.25) is 0 Å². The van der Waals surface area contributed by atoms with Gasteiger partial charge >= 0.3 is 6.03 Å². The molecule has 0 aromatic heterocycles. The van der Waals surface area contributed by atoms with Crippen molar-refractivity contribution in [2.75, 3.05) is 17.7 Å². The predicted octanol–water partition coefficient (Wildman–Crippen LogP) is 2.44. The summed E-state index contributed by atoms with van der Waals surface area (Å²) < 4.78 is 0. The number of carbonyl (C=O) groups is 3. The van der Waals surface area contributed by atoms with Gasteiger partial charge in [0.15, 0.2) is 0 Å². The summed E-state index contributed by atoms with van der Waals surface area (Å²) in [6.45, 7) is 4.04. The number of anilines is 1. The van der Waals surface area contributed by atoms with E-state index < -0.39 is 0 Å². The van der Waals surface area contributed by atoms with Crippen molar-refractivity contribution in [1.82, 2.24) is 10.2 Å². The Bertz CT molecular complexity index is 616. The second-order valence-electron chi connectivity index (χ2n) is 5.26. The first-order valence-corrected chi connectivity index (χ1v) is 7.62. The zero-order valence-electron chi connectivity index (χ0n) is 12.5. The Morgan fingerprint density at radius 3 is 2.55 bits per heavy atom. The number of nitrogens with one attached hydrogen (secondary N) is 2. The minimum atomic E-state index is -0.373. The fourth-order valence-corrected chi connectivity index (χ4v) is 2.38. The topological polar surface area (TPSA) is 78.5 Å². The monoisotopic (exact) mass is 323 g/mol. The molecular formula is C15H18ClN3O3. The van der Waals surface area contributed by atoms with Crippen LogP contribution in [0.25, 0.3) is 0 Å². The molecule has 0 atom stereocenters. The predicted molar refractivity (Wildman–Crippen MR) is 84.4 cm³/mol. The zero-order valence-corrected chi connectivity index (χ0v) is 13.2. The Labute approximate surface area is 133 Å². The van der Waals surface area contributed by atoms with Crippen molar-refractivity contribution >= 4 is 35.1 Å². The summed E-state index contributed by atoms with van der Waals surface area (Å²) in [7, 11) is 0. The third-order valence-corrected chi connectivity index (χ3v) is 3.56. The average molecular weight is 324 g/mol. The molecule has 2 N–H and O–H groups in total. The first kappa shape index (κ1) is 16.3. The van der Waals surface area contributed by atoms with E-state index in [4.69, 9.17) is 11.6 Å². The Hall–Kier alpha value is -2.08. The van der Waals surface area contributed by atoms with Crippen molar-refractivity contribution in [3.63, 3.8) is 0 Å². The number of hydrogen-bond donors (Lipinski definition) is 2. The molecule has 0 saturated heterocycles. The van der Waals surface area contributed by atoms with Crippen LogP contribution >= 0.6 is 11.6 Å². The van der Waals surface area contributed by atoms with Gasteiger partial charge in [0, 0.05) is 24.2 Å². The molecule has 0 unspecified atom stereocenters. The minimum absolute atomic E-state index is 0.206. The maximum absolute atomic E-state index is 12.3. The smallest absolute Gasteiger partial charge is 0.319 e. The first-order chi connectivity index (χ1) is 10.5. The van der Waals surface area contributed by atoms with E-state index in [0.717, 1.165) is 0 Å². The minimum Gasteiger partial charge on any atom is -0.338 e. The number of carbonyl (C=O) groups excluding carboxylic acids is 3. The van der Waals surface area contributed by atoms with E-state index in [0.29, 0.717) is 35.7 Å². The lowest BCUT2D eigenvalue weighted by molar-refractivity contribution is 0.0609. The highest BCUT2D eigenvalue weighted by atomic mass is 35.5. The van der Waals surface area contributed by atoms with Crippen molar-refractivity contribution in [2.24, 2.45) is 0 Å². The summed E-state index contributed by atoms with van der Waals surface area (Å²) in [5, 5.41) is 5.28. The normalized spacial score (nSPS) is 13.5. The van der Waals surface area contributed by atoms with Crippen LogP contribution in [0.5, 0.6) is 0 Å². The first-order valence-electron chi connectivity index (χ1n) is 7.08. The number of benzene rings is 1. The molecule has 4 amide bonds. The quantitative estimate of drug-likeness (QED) is 0.496. The molecule has 6 nitrogen and oxygen atoms in total. The number of fused-ring (bicyclic) bond motifs is 1. The van der Waals surface area contributed by atoms with Gasteiger partial charge in [-0.25, -0.2) is 4.79 Å². The van der Waals surface area contributed by atoms with Gasteiger partial charge in [-0.15, -0.1) is 11.6 Å². The van der Waals surface area contributed by atoms with Crippen LogP contribution in [0.1, 0.15) is 41.0 Å². The molecule has 7 heteroatoms. The van der Waals surface area contributed by atoms with Crippen molar-refractivity contribution in [2.45, 2.75) is 26.3 Å². The number of hydrogen-bond acceptors (Lipinski definition) is 3. The number of imide groups is 1. The highest BCUT2D eigenvalue weighted by molar-refractivity contribution is 6.22. The largest absolute Gasteiger partial charge is 0.338 e. The second kappa shape index (κ2) is 6.79. The highest BCUT2D eigenvalue weighted by Gasteiger charge is 2.37. The van der Waals surface area contributed by atoms with Crippen LogP contribution in [0.3, 0.4) is 0 Å². The van der Waals surface area contributed by atoms with Gasteiger partial charge < -0.3 is 10.6 Å². The molecule has 0 aliphatic carbocycles. The third kappa shape index (κ3) is 3.22. The molecule has 22 heavy (non-hydrogen) atoms. The molecular weight excluding hydrogens is 306 g/mol. The van der Waals surface area contributed by atoms with Crippen LogP contribution < -0.4 is 10.6 Å². The Morgan fingerprint density at radius 2 is 1.91 bits per heavy atom. The molecule has 0 spiro atoms. The summed E-state index contributed by atoms with van der Waals surface area (Å²) in [6, 6.07) is 4.12. The lowest BCUT2D eigenvalue weighted by Gasteiger charge is -2.17. The Balaban J connectivity index is 2.12. The Kier molecular flexibility index (Phi) is 5.03. The van der Waals surface area contributed by atoms with E-state index in [1.165, 1.54) is 11.0 Å². The molecule has 1 aromatic rings. The zero-order chi connectivity index (χ0) is 16.3. The summed E-state index contributed by atoms with van der Waals surface area (Å²) in [4.78, 5) is 37.3. The molecule has 2 rings (SSSR count). The summed E-state index contributed by atoms with van der Waals surface area (Å²) >= 11 is 5.53. The van der Waals surface area contributed by atoms with E-state index >= 15 is 0 Å². The summed E-state index contributed by atoms with van der Waals surface area (Å²) in [5.41, 5.74) is 1.15. The van der Waals surface area contributed by atoms with E-state index in [-0.39, 0.29) is 23.9 Å². The van der Waals surface area contributed by atoms with E-state index in [1.54, 1.807) is 26.0 Å². The van der Waals surface area contributed by atoms with Gasteiger partial charge in [-0.05, 0) is 38.5 Å². The van der Waals surface area contributed by atoms with Gasteiger partial charge in [0.05, 0.1) is 11.1 Å². The molecule has 118 valence electrons. The average Bonchev–Trinajstić information content (AvgIpc) is 2.71. The van der Waals surface area contributed by atoms with Crippen molar-refractivity contribution in [3.8, 4) is 0 Å². The number of halogens is 1. The lowest BCUT2D eigenvalue weighted by atomic mass is 10.1. The SMILES string of the molecule is CC(C)N1C(=O)c2ccc(NC(=O)NCCCCl)cc2C1=O. The molecule has 1 heterocycles. The highest BCUT2D eigenvalue weighted by Crippen LogP contribution is 2.27. The fraction of sp³-hybridized carbons (Fsp3) is 0.400. The number of nitrogens with zero attached hydrogens (tertiary/aromatic N) is 1. The van der Waals surface area contributed by atoms with Crippen LogP contribution in [0.15, 0.2) is 18.2 Å². The van der Waals surface area contributed by atoms with Gasteiger partial charge in [0.2, 0.25) is 0 Å². The number of alkyl halides is 1. The van der Waals surface area contributed by atoms with Gasteiger partial charge in [-0.1, -0.05) is 0 Å². The van der Waals surface area contributed by atoms with Crippen molar-refractivity contribution in [1.29, 1.82) is 0 Å². The van der Waals surface area contributed by atoms with Gasteiger partial charge in [-0.3, -0.25) is 14.5 Å². The molecule has 1 aromatic carbocycles. The maximum Gasteiger partial charge on any atom is 0.319 e. The summed E-state index contributed by atoms with van der Waals surface area (Å²) in [5.74, 6) is -0.157. The van der Waals surface area contributed by atoms with Gasteiger partial charge in [0.1, 0.15) is 0 Å². The van der Waals surface area contributed by atoms with Crippen LogP contribution in [-0.4, -0.2) is 41.2 Å². The third-order valence-electron chi connectivity index (χ3n) is 3.29. The molecule has 0 saturated carbocycles. The van der Waals surface area contributed by atoms with Crippen LogP contribution in [0, 0.1) is 0 Å². The van der Waals surface area contributed by atoms with Crippen molar-refractivity contribution in [3.05, 3.63) is 29.3 Å². The molecule has 0 radical (unpaired) electrons. The second-order valence-corrected chi connectivity index (χ2v) is 5.64. The van der Waals surface area contributed by atoms with Crippen LogP contribution in [-0.2, 0) is 0 Å². The summed E-state index contributed by atoms with van der Waals surface area (Å²) in [6.07, 6.45) is 0.676. The molecule has 0 bridgehead atoms. The van der Waals surface area contributed by atoms with E-state index in [2.05, 4.69) is 10.6 Å². The van der Waals surface area contributed by atoms with Gasteiger partial charge in [0.25, 0.3) is 11.8 Å². The maximum atomic E-state index is 12.3. The van der Waals surface area contributed by atoms with E-state index in [9.17, 15) is 14.4 Å². The van der Waals surface area contributed by atoms with Gasteiger partial charge in [-0.2, -0.15) is 0 Å². The van der Waals surface area contributed by atoms with E-state index in [1.807, 2.05) is 0 Å². The standard InChI is InChI=1S/C15H18ClN3O3/c1-9(2)19-13(20)11-5-4-10(8-12(11)14(19)21)18-15(22)17-7-3-6-16/h4-5,8-9H,3,6-7H2,1-2H3,(H2,17,18,22). The van der Waals surface area contributed by atoms with Crippen molar-refractivity contribution < 1.29 is 14.4 Å². The number of rotatable bonds is 5. The van der Waals surface area contributed by atoms with Crippen LogP contribution in [0.4, 0.5) is 10.5 Å². The number of urea groups is 1.